The lowest BCUT2D eigenvalue weighted by Crippen LogP contribution is -1.99. The van der Waals surface area contributed by atoms with Crippen molar-refractivity contribution in [2.45, 2.75) is 0 Å². The second kappa shape index (κ2) is 4.13. The molecule has 1 atom stereocenters. The lowest BCUT2D eigenvalue weighted by atomic mass is 10.9. The van der Waals surface area contributed by atoms with E-state index in [1.165, 1.54) is 0 Å². The Kier molecular flexibility index (Phi) is 4.20. The van der Waals surface area contributed by atoms with Crippen molar-refractivity contribution in [1.82, 2.24) is 0 Å². The Labute approximate surface area is 57.9 Å². The molecule has 0 rings (SSSR count). The SMILES string of the molecule is O=[P+]([O-])CCOP(=O)(O)O. The third-order valence-electron chi connectivity index (χ3n) is 0.533. The maximum absolute atomic E-state index is 9.89. The zero-order valence-electron chi connectivity index (χ0n) is 4.84. The normalized spacial score (nSPS) is 13.3. The van der Waals surface area contributed by atoms with E-state index in [0.29, 0.717) is 0 Å². The van der Waals surface area contributed by atoms with E-state index in [4.69, 9.17) is 9.79 Å². The summed E-state index contributed by atoms with van der Waals surface area (Å²) >= 11 is 0. The van der Waals surface area contributed by atoms with Crippen molar-refractivity contribution in [3.05, 3.63) is 0 Å². The zero-order valence-corrected chi connectivity index (χ0v) is 6.62. The van der Waals surface area contributed by atoms with Gasteiger partial charge in [-0.15, -0.1) is 0 Å². The van der Waals surface area contributed by atoms with E-state index < -0.39 is 22.5 Å². The predicted molar refractivity (Wildman–Crippen MR) is 30.5 cm³/mol. The average molecular weight is 188 g/mol. The van der Waals surface area contributed by atoms with Gasteiger partial charge < -0.3 is 14.7 Å². The summed E-state index contributed by atoms with van der Waals surface area (Å²) in [5, 5.41) is 0. The van der Waals surface area contributed by atoms with Crippen LogP contribution in [0.1, 0.15) is 0 Å². The van der Waals surface area contributed by atoms with Crippen molar-refractivity contribution in [3.8, 4) is 0 Å². The highest BCUT2D eigenvalue weighted by Gasteiger charge is 2.14. The summed E-state index contributed by atoms with van der Waals surface area (Å²) < 4.78 is 23.5. The van der Waals surface area contributed by atoms with Gasteiger partial charge in [0.15, 0.2) is 6.16 Å². The van der Waals surface area contributed by atoms with E-state index in [2.05, 4.69) is 4.52 Å². The predicted octanol–water partition coefficient (Wildman–Crippen LogP) is -0.802. The third-order valence-corrected chi connectivity index (χ3v) is 1.60. The van der Waals surface area contributed by atoms with Crippen LogP contribution in [0.15, 0.2) is 0 Å². The molecule has 0 aliphatic heterocycles. The summed E-state index contributed by atoms with van der Waals surface area (Å²) in [6.07, 6.45) is -0.375. The Morgan fingerprint density at radius 1 is 1.60 bits per heavy atom. The fraction of sp³-hybridized carbons (Fsp3) is 1.00. The topological polar surface area (TPSA) is 107 Å². The zero-order chi connectivity index (χ0) is 8.20. The molecule has 0 fully saturated rings. The minimum Gasteiger partial charge on any atom is -0.595 e. The van der Waals surface area contributed by atoms with Crippen LogP contribution in [-0.2, 0) is 13.7 Å². The van der Waals surface area contributed by atoms with E-state index in [9.17, 15) is 14.0 Å². The largest absolute Gasteiger partial charge is 0.595 e. The summed E-state index contributed by atoms with van der Waals surface area (Å²) in [6.45, 7) is -0.469. The van der Waals surface area contributed by atoms with Gasteiger partial charge in [-0.25, -0.2) is 4.57 Å². The Balaban J connectivity index is 3.39. The Bertz CT molecular complexity index is 159. The minimum atomic E-state index is -4.49. The molecule has 60 valence electrons. The average Bonchev–Trinajstić information content (AvgIpc) is 1.59. The molecular formula is C2H6O6P2. The number of phosphoric acid groups is 1. The van der Waals surface area contributed by atoms with Gasteiger partial charge in [0.2, 0.25) is 0 Å². The van der Waals surface area contributed by atoms with Crippen LogP contribution in [-0.4, -0.2) is 22.6 Å². The van der Waals surface area contributed by atoms with E-state index in [1.807, 2.05) is 0 Å². The van der Waals surface area contributed by atoms with Crippen LogP contribution in [0.25, 0.3) is 0 Å². The first-order valence-electron chi connectivity index (χ1n) is 2.24. The van der Waals surface area contributed by atoms with Gasteiger partial charge in [-0.1, -0.05) is 4.57 Å². The fourth-order valence-electron chi connectivity index (χ4n) is 0.234. The van der Waals surface area contributed by atoms with Crippen molar-refractivity contribution >= 4 is 15.9 Å². The number of rotatable bonds is 4. The standard InChI is InChI=1S/C2H6O6P2/c3-9(4)2-1-8-10(5,6)7/h1-2H2,(H2,5,6,7). The van der Waals surface area contributed by atoms with Gasteiger partial charge in [0.25, 0.3) is 0 Å². The monoisotopic (exact) mass is 188 g/mol. The highest BCUT2D eigenvalue weighted by molar-refractivity contribution is 7.46. The fourth-order valence-corrected chi connectivity index (χ4v) is 0.948. The first-order chi connectivity index (χ1) is 4.42. The quantitative estimate of drug-likeness (QED) is 0.559. The van der Waals surface area contributed by atoms with Gasteiger partial charge in [0, 0.05) is 0 Å². The van der Waals surface area contributed by atoms with Gasteiger partial charge in [0.1, 0.15) is 6.61 Å². The number of phosphoric ester groups is 1. The Hall–Kier alpha value is 0.170. The highest BCUT2D eigenvalue weighted by atomic mass is 31.2. The van der Waals surface area contributed by atoms with Gasteiger partial charge >= 0.3 is 15.9 Å². The van der Waals surface area contributed by atoms with Crippen molar-refractivity contribution in [2.75, 3.05) is 12.8 Å². The molecule has 0 saturated carbocycles. The molecule has 10 heavy (non-hydrogen) atoms. The van der Waals surface area contributed by atoms with Crippen molar-refractivity contribution < 1.29 is 28.3 Å². The van der Waals surface area contributed by atoms with Gasteiger partial charge in [-0.2, -0.15) is 0 Å². The molecule has 6 nitrogen and oxygen atoms in total. The summed E-state index contributed by atoms with van der Waals surface area (Å²) in [5.41, 5.74) is 0. The van der Waals surface area contributed by atoms with Crippen LogP contribution < -0.4 is 4.89 Å². The van der Waals surface area contributed by atoms with Gasteiger partial charge in [-0.3, -0.25) is 4.52 Å². The van der Waals surface area contributed by atoms with E-state index >= 15 is 0 Å². The molecule has 0 aliphatic carbocycles. The third kappa shape index (κ3) is 8.17. The molecule has 1 unspecified atom stereocenters. The molecule has 0 radical (unpaired) electrons. The van der Waals surface area contributed by atoms with Crippen molar-refractivity contribution in [3.63, 3.8) is 0 Å². The first kappa shape index (κ1) is 10.2. The lowest BCUT2D eigenvalue weighted by Gasteiger charge is -2.00. The summed E-state index contributed by atoms with van der Waals surface area (Å²) in [6, 6.07) is 0. The molecule has 0 aromatic carbocycles. The van der Waals surface area contributed by atoms with E-state index in [-0.39, 0.29) is 6.16 Å². The molecule has 0 bridgehead atoms. The van der Waals surface area contributed by atoms with Crippen molar-refractivity contribution in [1.29, 1.82) is 0 Å². The second-order valence-corrected chi connectivity index (χ2v) is 3.73. The molecule has 2 N–H and O–H groups in total. The molecule has 0 saturated heterocycles. The summed E-state index contributed by atoms with van der Waals surface area (Å²) in [5.74, 6) is 0. The van der Waals surface area contributed by atoms with Gasteiger partial charge in [-0.05, 0) is 0 Å². The number of hydrogen-bond donors (Lipinski definition) is 2. The number of hydrogen-bond acceptors (Lipinski definition) is 4. The van der Waals surface area contributed by atoms with Crippen LogP contribution in [0.5, 0.6) is 0 Å². The van der Waals surface area contributed by atoms with E-state index in [0.717, 1.165) is 0 Å². The van der Waals surface area contributed by atoms with Crippen LogP contribution >= 0.6 is 15.9 Å². The van der Waals surface area contributed by atoms with Gasteiger partial charge in [0.05, 0.1) is 0 Å². The molecule has 8 heteroatoms. The van der Waals surface area contributed by atoms with E-state index in [1.54, 1.807) is 0 Å². The second-order valence-electron chi connectivity index (χ2n) is 1.38. The highest BCUT2D eigenvalue weighted by Crippen LogP contribution is 2.35. The van der Waals surface area contributed by atoms with Crippen LogP contribution in [0, 0.1) is 0 Å². The van der Waals surface area contributed by atoms with Crippen LogP contribution in [0.3, 0.4) is 0 Å². The maximum Gasteiger partial charge on any atom is 0.469 e. The molecular weight excluding hydrogens is 182 g/mol. The maximum atomic E-state index is 9.89. The molecule has 0 amide bonds. The Morgan fingerprint density at radius 2 is 2.10 bits per heavy atom. The van der Waals surface area contributed by atoms with Crippen molar-refractivity contribution in [2.24, 2.45) is 0 Å². The van der Waals surface area contributed by atoms with Crippen LogP contribution in [0.2, 0.25) is 0 Å². The summed E-state index contributed by atoms with van der Waals surface area (Å²) in [4.78, 5) is 25.8. The first-order valence-corrected chi connectivity index (χ1v) is 5.13. The molecule has 0 aromatic heterocycles. The lowest BCUT2D eigenvalue weighted by molar-refractivity contribution is -0.164. The molecule has 0 aromatic rings. The van der Waals surface area contributed by atoms with Crippen LogP contribution in [0.4, 0.5) is 0 Å². The molecule has 0 heterocycles. The Morgan fingerprint density at radius 3 is 2.40 bits per heavy atom. The summed E-state index contributed by atoms with van der Waals surface area (Å²) in [7, 11) is -7.11. The minimum absolute atomic E-state index is 0.375. The molecule has 0 aliphatic rings. The molecule has 0 spiro atoms. The smallest absolute Gasteiger partial charge is 0.469 e.